The van der Waals surface area contributed by atoms with Crippen LogP contribution in [-0.2, 0) is 10.2 Å². The van der Waals surface area contributed by atoms with Crippen LogP contribution >= 0.6 is 0 Å². The molecule has 0 radical (unpaired) electrons. The van der Waals surface area contributed by atoms with Gasteiger partial charge in [-0.05, 0) is 49.1 Å². The molecule has 166 valence electrons. The molecule has 2 heterocycles. The van der Waals surface area contributed by atoms with E-state index in [9.17, 15) is 18.0 Å². The zero-order valence-corrected chi connectivity index (χ0v) is 17.0. The third kappa shape index (κ3) is 4.61. The van der Waals surface area contributed by atoms with Crippen LogP contribution in [0.3, 0.4) is 0 Å². The van der Waals surface area contributed by atoms with E-state index in [0.717, 1.165) is 18.5 Å². The summed E-state index contributed by atoms with van der Waals surface area (Å²) in [5.41, 5.74) is 1.64. The summed E-state index contributed by atoms with van der Waals surface area (Å²) in [6.45, 7) is 0.374. The van der Waals surface area contributed by atoms with Crippen LogP contribution in [0.4, 0.5) is 13.2 Å². The predicted octanol–water partition coefficient (Wildman–Crippen LogP) is 3.81. The summed E-state index contributed by atoms with van der Waals surface area (Å²) in [4.78, 5) is 19.4. The maximum atomic E-state index is 13.0. The van der Waals surface area contributed by atoms with Gasteiger partial charge in [0.25, 0.3) is 5.91 Å². The molecule has 4 rings (SSSR count). The van der Waals surface area contributed by atoms with Crippen molar-refractivity contribution in [2.45, 2.75) is 24.6 Å². The normalized spacial score (nSPS) is 22.6. The average Bonchev–Trinajstić information content (AvgIpc) is 3.51. The van der Waals surface area contributed by atoms with Gasteiger partial charge in [-0.2, -0.15) is 0 Å². The first-order chi connectivity index (χ1) is 14.8. The fourth-order valence-corrected chi connectivity index (χ4v) is 4.31. The monoisotopic (exact) mass is 436 g/mol. The number of likely N-dealkylation sites (tertiary alicyclic amines) is 1. The molecule has 2 atom stereocenters. The second-order valence-corrected chi connectivity index (χ2v) is 7.78. The first-order valence-electron chi connectivity index (χ1n) is 10.0. The number of carbonyl (C=O) groups excluding carboxylic acids is 1. The first kappa shape index (κ1) is 21.4. The number of piperidine rings is 1. The SMILES string of the molecule is COc1cc(C(=O)N2CC[C@@]3(c4ccccn4)C[C@H]3C2)ccc1OCCOC(F)(F)F. The van der Waals surface area contributed by atoms with Crippen LogP contribution in [-0.4, -0.2) is 55.6 Å². The van der Waals surface area contributed by atoms with Crippen LogP contribution in [0.15, 0.2) is 42.6 Å². The molecule has 6 nitrogen and oxygen atoms in total. The van der Waals surface area contributed by atoms with E-state index in [1.165, 1.54) is 13.2 Å². The Balaban J connectivity index is 1.37. The highest BCUT2D eigenvalue weighted by Gasteiger charge is 2.59. The van der Waals surface area contributed by atoms with Crippen LogP contribution in [0.25, 0.3) is 0 Å². The van der Waals surface area contributed by atoms with Gasteiger partial charge in [-0.15, -0.1) is 13.2 Å². The standard InChI is InChI=1S/C22H23F3N2O4/c1-29-18-12-15(5-6-17(18)30-10-11-31-22(23,24)25)20(28)27-9-7-21(13-16(21)14-27)19-4-2-3-8-26-19/h2-6,8,12,16H,7,9-11,13-14H2,1H3/t16-,21+/m0/s1. The lowest BCUT2D eigenvalue weighted by Crippen LogP contribution is -2.40. The first-order valence-corrected chi connectivity index (χ1v) is 10.0. The summed E-state index contributed by atoms with van der Waals surface area (Å²) in [6, 6.07) is 10.6. The zero-order chi connectivity index (χ0) is 22.1. The number of hydrogen-bond donors (Lipinski definition) is 0. The number of carbonyl (C=O) groups is 1. The molecular formula is C22H23F3N2O4. The second-order valence-electron chi connectivity index (χ2n) is 7.78. The largest absolute Gasteiger partial charge is 0.522 e. The van der Waals surface area contributed by atoms with Crippen molar-refractivity contribution in [3.8, 4) is 11.5 Å². The van der Waals surface area contributed by atoms with E-state index in [-0.39, 0.29) is 29.4 Å². The van der Waals surface area contributed by atoms with Crippen molar-refractivity contribution < 1.29 is 32.2 Å². The number of hydrogen-bond acceptors (Lipinski definition) is 5. The Morgan fingerprint density at radius 3 is 2.74 bits per heavy atom. The molecule has 2 aromatic rings. The Morgan fingerprint density at radius 1 is 1.23 bits per heavy atom. The van der Waals surface area contributed by atoms with Gasteiger partial charge in [-0.25, -0.2) is 0 Å². The zero-order valence-electron chi connectivity index (χ0n) is 17.0. The molecule has 31 heavy (non-hydrogen) atoms. The molecule has 1 saturated carbocycles. The number of amides is 1. The maximum absolute atomic E-state index is 13.0. The number of methoxy groups -OCH3 is 1. The van der Waals surface area contributed by atoms with Crippen molar-refractivity contribution in [2.24, 2.45) is 5.92 Å². The Labute approximate surface area is 177 Å². The van der Waals surface area contributed by atoms with Crippen molar-refractivity contribution in [3.63, 3.8) is 0 Å². The molecule has 1 saturated heterocycles. The Kier molecular flexibility index (Phi) is 5.79. The number of benzene rings is 1. The minimum Gasteiger partial charge on any atom is -0.493 e. The van der Waals surface area contributed by atoms with Gasteiger partial charge in [0.1, 0.15) is 6.61 Å². The van der Waals surface area contributed by atoms with Crippen molar-refractivity contribution in [3.05, 3.63) is 53.9 Å². The van der Waals surface area contributed by atoms with Gasteiger partial charge in [0, 0.05) is 36.0 Å². The van der Waals surface area contributed by atoms with Crippen LogP contribution in [0.5, 0.6) is 11.5 Å². The Morgan fingerprint density at radius 2 is 2.06 bits per heavy atom. The maximum Gasteiger partial charge on any atom is 0.522 e. The van der Waals surface area contributed by atoms with Crippen LogP contribution < -0.4 is 9.47 Å². The number of pyridine rings is 1. The van der Waals surface area contributed by atoms with Crippen molar-refractivity contribution in [2.75, 3.05) is 33.4 Å². The van der Waals surface area contributed by atoms with Gasteiger partial charge < -0.3 is 14.4 Å². The number of fused-ring (bicyclic) bond motifs is 1. The van der Waals surface area contributed by atoms with Gasteiger partial charge in [0.2, 0.25) is 0 Å². The van der Waals surface area contributed by atoms with Gasteiger partial charge in [0.15, 0.2) is 11.5 Å². The molecule has 0 bridgehead atoms. The smallest absolute Gasteiger partial charge is 0.493 e. The molecule has 0 unspecified atom stereocenters. The molecule has 1 aliphatic heterocycles. The highest BCUT2D eigenvalue weighted by molar-refractivity contribution is 5.95. The Bertz CT molecular complexity index is 938. The minimum absolute atomic E-state index is 0.0892. The highest BCUT2D eigenvalue weighted by atomic mass is 19.4. The van der Waals surface area contributed by atoms with Crippen molar-refractivity contribution >= 4 is 5.91 Å². The topological polar surface area (TPSA) is 60.9 Å². The summed E-state index contributed by atoms with van der Waals surface area (Å²) < 4.78 is 50.4. The quantitative estimate of drug-likeness (QED) is 0.618. The van der Waals surface area contributed by atoms with Crippen molar-refractivity contribution in [1.82, 2.24) is 9.88 Å². The second kappa shape index (κ2) is 8.37. The number of alkyl halides is 3. The summed E-state index contributed by atoms with van der Waals surface area (Å²) in [5.74, 6) is 0.828. The van der Waals surface area contributed by atoms with E-state index in [0.29, 0.717) is 24.6 Å². The van der Waals surface area contributed by atoms with Crippen LogP contribution in [0.2, 0.25) is 0 Å². The van der Waals surface area contributed by atoms with Crippen molar-refractivity contribution in [1.29, 1.82) is 0 Å². The third-order valence-corrected chi connectivity index (χ3v) is 5.98. The van der Waals surface area contributed by atoms with E-state index in [2.05, 4.69) is 15.8 Å². The summed E-state index contributed by atoms with van der Waals surface area (Å²) in [6.07, 6.45) is -0.988. The van der Waals surface area contributed by atoms with Crippen LogP contribution in [0.1, 0.15) is 28.9 Å². The molecular weight excluding hydrogens is 413 g/mol. The number of rotatable bonds is 7. The molecule has 1 amide bonds. The van der Waals surface area contributed by atoms with E-state index < -0.39 is 13.0 Å². The lowest BCUT2D eigenvalue weighted by atomic mass is 9.90. The summed E-state index contributed by atoms with van der Waals surface area (Å²) >= 11 is 0. The van der Waals surface area contributed by atoms with Crippen LogP contribution in [0, 0.1) is 5.92 Å². The van der Waals surface area contributed by atoms with Gasteiger partial charge in [-0.1, -0.05) is 6.07 Å². The minimum atomic E-state index is -4.70. The molecule has 9 heteroatoms. The average molecular weight is 436 g/mol. The summed E-state index contributed by atoms with van der Waals surface area (Å²) in [5, 5.41) is 0. The molecule has 0 spiro atoms. The molecule has 0 N–H and O–H groups in total. The highest BCUT2D eigenvalue weighted by Crippen LogP contribution is 2.58. The number of aromatic nitrogens is 1. The van der Waals surface area contributed by atoms with E-state index in [1.54, 1.807) is 12.1 Å². The number of halogens is 3. The van der Waals surface area contributed by atoms with E-state index in [1.807, 2.05) is 23.2 Å². The van der Waals surface area contributed by atoms with Gasteiger partial charge >= 0.3 is 6.36 Å². The fourth-order valence-electron chi connectivity index (χ4n) is 4.31. The molecule has 2 aliphatic rings. The van der Waals surface area contributed by atoms with Gasteiger partial charge in [0.05, 0.1) is 13.7 Å². The summed E-state index contributed by atoms with van der Waals surface area (Å²) in [7, 11) is 1.41. The van der Waals surface area contributed by atoms with E-state index >= 15 is 0 Å². The molecule has 2 fully saturated rings. The fraction of sp³-hybridized carbons (Fsp3) is 0.455. The Hall–Kier alpha value is -2.81. The number of nitrogens with zero attached hydrogens (tertiary/aromatic N) is 2. The molecule has 1 aromatic heterocycles. The van der Waals surface area contributed by atoms with E-state index in [4.69, 9.17) is 9.47 Å². The molecule has 1 aromatic carbocycles. The lowest BCUT2D eigenvalue weighted by molar-refractivity contribution is -0.325. The lowest BCUT2D eigenvalue weighted by Gasteiger charge is -2.31. The molecule has 1 aliphatic carbocycles. The predicted molar refractivity (Wildman–Crippen MR) is 105 cm³/mol. The van der Waals surface area contributed by atoms with Gasteiger partial charge in [-0.3, -0.25) is 14.5 Å². The number of ether oxygens (including phenoxy) is 3. The third-order valence-electron chi connectivity index (χ3n) is 5.98.